The molecule has 0 heterocycles. The van der Waals surface area contributed by atoms with E-state index in [9.17, 15) is 5.02 Å². The molecule has 0 radical (unpaired) electrons. The molecule has 0 saturated carbocycles. The molecule has 2 rings (SSSR count). The molecule has 0 aromatic heterocycles. The summed E-state index contributed by atoms with van der Waals surface area (Å²) in [6, 6.07) is 12.1. The molecule has 0 aliphatic rings. The average Bonchev–Trinajstić information content (AvgIpc) is 2.67. The van der Waals surface area contributed by atoms with Crippen molar-refractivity contribution < 1.29 is 23.9 Å². The second kappa shape index (κ2) is 9.95. The van der Waals surface area contributed by atoms with Crippen molar-refractivity contribution in [2.45, 2.75) is 26.7 Å². The lowest BCUT2D eigenvalue weighted by Crippen LogP contribution is -2.35. The van der Waals surface area contributed by atoms with Crippen LogP contribution in [-0.4, -0.2) is 32.1 Å². The van der Waals surface area contributed by atoms with Crippen molar-refractivity contribution in [1.82, 2.24) is 0 Å². The van der Waals surface area contributed by atoms with Crippen LogP contribution < -0.4 is 10.2 Å². The van der Waals surface area contributed by atoms with Crippen molar-refractivity contribution in [3.05, 3.63) is 59.4 Å². The lowest BCUT2D eigenvalue weighted by molar-refractivity contribution is -0.134. The third kappa shape index (κ3) is 5.58. The number of hydrogen-bond donors (Lipinski definition) is 1. The smallest absolute Gasteiger partial charge is 0.457 e. The van der Waals surface area contributed by atoms with Crippen molar-refractivity contribution in [1.29, 1.82) is 0 Å². The first-order valence-corrected chi connectivity index (χ1v) is 8.29. The van der Waals surface area contributed by atoms with E-state index >= 15 is 0 Å². The highest BCUT2D eigenvalue weighted by atomic mass is 16.7. The van der Waals surface area contributed by atoms with Gasteiger partial charge in [0, 0.05) is 13.7 Å². The minimum absolute atomic E-state index is 0.241. The predicted molar refractivity (Wildman–Crippen MR) is 99.7 cm³/mol. The van der Waals surface area contributed by atoms with Gasteiger partial charge in [-0.3, -0.25) is 0 Å². The van der Waals surface area contributed by atoms with Crippen molar-refractivity contribution in [3.8, 4) is 11.5 Å². The van der Waals surface area contributed by atoms with Gasteiger partial charge in [-0.1, -0.05) is 18.2 Å². The number of ether oxygens (including phenoxy) is 3. The molecule has 0 aliphatic heterocycles. The van der Waals surface area contributed by atoms with Crippen molar-refractivity contribution >= 4 is 18.3 Å². The Kier molecular flexibility index (Phi) is 7.63. The molecule has 26 heavy (non-hydrogen) atoms. The van der Waals surface area contributed by atoms with E-state index in [0.29, 0.717) is 29.3 Å². The largest absolute Gasteiger partial charge is 0.491 e. The van der Waals surface area contributed by atoms with E-state index in [0.717, 1.165) is 5.56 Å². The predicted octanol–water partition coefficient (Wildman–Crippen LogP) is 3.26. The van der Waals surface area contributed by atoms with Gasteiger partial charge in [0.2, 0.25) is 0 Å². The highest BCUT2D eigenvalue weighted by Gasteiger charge is 2.20. The highest BCUT2D eigenvalue weighted by molar-refractivity contribution is 6.60. The Labute approximate surface area is 154 Å². The first-order chi connectivity index (χ1) is 12.6. The maximum atomic E-state index is 10.0. The fourth-order valence-corrected chi connectivity index (χ4v) is 2.35. The van der Waals surface area contributed by atoms with Crippen molar-refractivity contribution in [2.75, 3.05) is 13.7 Å². The average molecular weight is 355 g/mol. The van der Waals surface area contributed by atoms with Crippen LogP contribution in [-0.2, 0) is 20.7 Å². The van der Waals surface area contributed by atoms with Gasteiger partial charge in [0.1, 0.15) is 11.5 Å². The summed E-state index contributed by atoms with van der Waals surface area (Å²) in [5.41, 5.74) is 1.89. The molecule has 1 unspecified atom stereocenters. The van der Waals surface area contributed by atoms with Crippen LogP contribution >= 0.6 is 0 Å². The number of nitrogens with zero attached hydrogens (tertiary/aromatic N) is 1. The van der Waals surface area contributed by atoms with Crippen LogP contribution in [0.2, 0.25) is 0 Å². The molecule has 2 aromatic rings. The van der Waals surface area contributed by atoms with E-state index in [1.807, 2.05) is 13.8 Å². The monoisotopic (exact) mass is 355 g/mol. The quantitative estimate of drug-likeness (QED) is 0.425. The van der Waals surface area contributed by atoms with Crippen molar-refractivity contribution in [3.63, 3.8) is 0 Å². The number of benzene rings is 2. The Bertz CT molecular complexity index is 745. The van der Waals surface area contributed by atoms with E-state index in [2.05, 4.69) is 4.85 Å². The molecule has 6 nitrogen and oxygen atoms in total. The molecule has 1 atom stereocenters. The van der Waals surface area contributed by atoms with Gasteiger partial charge < -0.3 is 23.9 Å². The molecule has 2 aromatic carbocycles. The molecule has 0 amide bonds. The van der Waals surface area contributed by atoms with Gasteiger partial charge in [0.25, 0.3) is 0 Å². The summed E-state index contributed by atoms with van der Waals surface area (Å²) in [5, 5.41) is 10.0. The lowest BCUT2D eigenvalue weighted by atomic mass is 9.76. The summed E-state index contributed by atoms with van der Waals surface area (Å²) in [6.07, 6.45) is -0.363. The highest BCUT2D eigenvalue weighted by Crippen LogP contribution is 2.24. The molecule has 0 saturated heterocycles. The molecule has 0 aliphatic carbocycles. The summed E-state index contributed by atoms with van der Waals surface area (Å²) < 4.78 is 21.9. The molecular formula is C19H22BNO5. The summed E-state index contributed by atoms with van der Waals surface area (Å²) in [4.78, 5) is 3.35. The van der Waals surface area contributed by atoms with Crippen LogP contribution in [0.15, 0.2) is 42.5 Å². The van der Waals surface area contributed by atoms with Crippen LogP contribution in [0.25, 0.3) is 4.85 Å². The third-order valence-corrected chi connectivity index (χ3v) is 3.68. The van der Waals surface area contributed by atoms with Crippen LogP contribution in [0, 0.1) is 6.57 Å². The van der Waals surface area contributed by atoms with Gasteiger partial charge in [-0.15, -0.1) is 0 Å². The van der Waals surface area contributed by atoms with Gasteiger partial charge in [0.05, 0.1) is 13.2 Å². The van der Waals surface area contributed by atoms with Gasteiger partial charge in [0.15, 0.2) is 12.0 Å². The van der Waals surface area contributed by atoms with E-state index in [1.54, 1.807) is 42.5 Å². The van der Waals surface area contributed by atoms with Gasteiger partial charge in [-0.2, -0.15) is 0 Å². The maximum Gasteiger partial charge on any atom is 0.491 e. The Morgan fingerprint density at radius 2 is 1.81 bits per heavy atom. The summed E-state index contributed by atoms with van der Waals surface area (Å²) in [6.45, 7) is 11.5. The minimum atomic E-state index is -1.05. The zero-order valence-corrected chi connectivity index (χ0v) is 15.1. The Morgan fingerprint density at radius 3 is 2.42 bits per heavy atom. The first-order valence-electron chi connectivity index (χ1n) is 8.29. The third-order valence-electron chi connectivity index (χ3n) is 3.68. The van der Waals surface area contributed by atoms with Crippen LogP contribution in [0.4, 0.5) is 5.69 Å². The fourth-order valence-electron chi connectivity index (χ4n) is 2.35. The summed E-state index contributed by atoms with van der Waals surface area (Å²) in [5.74, 6) is 1.21. The summed E-state index contributed by atoms with van der Waals surface area (Å²) >= 11 is 0. The van der Waals surface area contributed by atoms with Gasteiger partial charge in [-0.25, -0.2) is 4.85 Å². The second-order valence-corrected chi connectivity index (χ2v) is 5.49. The standard InChI is InChI=1S/C19H22BNO5/c1-5-24-14(2)25-13-15-12-18(10-11-19(15)20(22)23-4)26-17-8-6-16(21-3)7-9-17/h6-12,14,22H,5,13H2,1-2,4H3. The zero-order valence-electron chi connectivity index (χ0n) is 15.1. The topological polar surface area (TPSA) is 61.5 Å². The molecule has 0 spiro atoms. The minimum Gasteiger partial charge on any atom is -0.457 e. The Hall–Kier alpha value is -2.37. The zero-order chi connectivity index (χ0) is 18.9. The SMILES string of the molecule is [C-]#[N+]c1ccc(Oc2ccc(B(O)OC)c(COC(C)OCC)c2)cc1. The molecule has 136 valence electrons. The van der Waals surface area contributed by atoms with Crippen LogP contribution in [0.5, 0.6) is 11.5 Å². The van der Waals surface area contributed by atoms with Crippen molar-refractivity contribution in [2.24, 2.45) is 0 Å². The maximum absolute atomic E-state index is 10.0. The molecule has 1 N–H and O–H groups in total. The van der Waals surface area contributed by atoms with E-state index in [4.69, 9.17) is 25.4 Å². The Morgan fingerprint density at radius 1 is 1.12 bits per heavy atom. The summed E-state index contributed by atoms with van der Waals surface area (Å²) in [7, 11) is 0.379. The molecular weight excluding hydrogens is 333 g/mol. The van der Waals surface area contributed by atoms with E-state index in [1.165, 1.54) is 7.11 Å². The number of rotatable bonds is 9. The van der Waals surface area contributed by atoms with Gasteiger partial charge in [-0.05, 0) is 49.1 Å². The molecule has 7 heteroatoms. The van der Waals surface area contributed by atoms with E-state index in [-0.39, 0.29) is 12.9 Å². The Balaban J connectivity index is 2.19. The molecule has 0 fully saturated rings. The first kappa shape index (κ1) is 20.0. The van der Waals surface area contributed by atoms with Crippen LogP contribution in [0.3, 0.4) is 0 Å². The molecule has 0 bridgehead atoms. The van der Waals surface area contributed by atoms with Crippen LogP contribution in [0.1, 0.15) is 19.4 Å². The lowest BCUT2D eigenvalue weighted by Gasteiger charge is -2.17. The second-order valence-electron chi connectivity index (χ2n) is 5.49. The van der Waals surface area contributed by atoms with E-state index < -0.39 is 7.12 Å². The number of hydrogen-bond acceptors (Lipinski definition) is 5. The normalized spacial score (nSPS) is 11.7. The fraction of sp³-hybridized carbons (Fsp3) is 0.316. The van der Waals surface area contributed by atoms with Gasteiger partial charge >= 0.3 is 7.12 Å².